The van der Waals surface area contributed by atoms with Crippen LogP contribution in [0.5, 0.6) is 0 Å². The van der Waals surface area contributed by atoms with Gasteiger partial charge >= 0.3 is 8.56 Å². The van der Waals surface area contributed by atoms with Crippen LogP contribution in [0, 0.1) is 0 Å². The van der Waals surface area contributed by atoms with Crippen LogP contribution in [0.1, 0.15) is 13.3 Å². The number of thioether (sulfide) groups is 1. The van der Waals surface area contributed by atoms with E-state index in [1.165, 1.54) is 11.8 Å². The van der Waals surface area contributed by atoms with E-state index in [-0.39, 0.29) is 5.12 Å². The van der Waals surface area contributed by atoms with Crippen molar-refractivity contribution in [1.82, 2.24) is 0 Å². The van der Waals surface area contributed by atoms with Crippen molar-refractivity contribution in [2.45, 2.75) is 25.9 Å². The normalized spacial score (nSPS) is 11.7. The lowest BCUT2D eigenvalue weighted by Crippen LogP contribution is -2.35. The van der Waals surface area contributed by atoms with Crippen molar-refractivity contribution in [1.29, 1.82) is 0 Å². The highest BCUT2D eigenvalue weighted by molar-refractivity contribution is 8.13. The highest BCUT2D eigenvalue weighted by atomic mass is 32.2. The van der Waals surface area contributed by atoms with Crippen molar-refractivity contribution >= 4 is 25.4 Å². The molecule has 0 rings (SSSR count). The number of carbonyl (C=O) groups excluding carboxylic acids is 1. The topological polar surface area (TPSA) is 35.5 Å². The minimum absolute atomic E-state index is 0.179. The molecule has 0 aliphatic carbocycles. The van der Waals surface area contributed by atoms with Crippen molar-refractivity contribution < 1.29 is 13.6 Å². The first kappa shape index (κ1) is 13.2. The first-order chi connectivity index (χ1) is 6.04. The van der Waals surface area contributed by atoms with Crippen molar-refractivity contribution in [2.75, 3.05) is 20.0 Å². The molecular weight excluding hydrogens is 204 g/mol. The van der Waals surface area contributed by atoms with Gasteiger partial charge in [-0.1, -0.05) is 11.8 Å². The predicted octanol–water partition coefficient (Wildman–Crippen LogP) is 2.02. The van der Waals surface area contributed by atoms with Crippen LogP contribution < -0.4 is 0 Å². The molecule has 0 aliphatic rings. The molecule has 0 fully saturated rings. The van der Waals surface area contributed by atoms with Gasteiger partial charge in [-0.2, -0.15) is 0 Å². The Morgan fingerprint density at radius 3 is 2.31 bits per heavy atom. The Bertz CT molecular complexity index is 159. The van der Waals surface area contributed by atoms with Crippen LogP contribution in [-0.2, 0) is 13.6 Å². The third kappa shape index (κ3) is 6.26. The molecular formula is C8H18O3SSi. The maximum atomic E-state index is 10.6. The Hall–Kier alpha value is 0.157. The summed E-state index contributed by atoms with van der Waals surface area (Å²) in [4.78, 5) is 10.6. The van der Waals surface area contributed by atoms with Crippen LogP contribution in [0.2, 0.25) is 12.6 Å². The Labute approximate surface area is 85.4 Å². The monoisotopic (exact) mass is 222 g/mol. The molecule has 0 amide bonds. The third-order valence-corrected chi connectivity index (χ3v) is 5.83. The van der Waals surface area contributed by atoms with E-state index in [9.17, 15) is 4.79 Å². The zero-order valence-corrected chi connectivity index (χ0v) is 10.6. The van der Waals surface area contributed by atoms with Gasteiger partial charge in [-0.3, -0.25) is 4.79 Å². The Morgan fingerprint density at radius 2 is 1.92 bits per heavy atom. The summed E-state index contributed by atoms with van der Waals surface area (Å²) in [5.41, 5.74) is 0. The maximum absolute atomic E-state index is 10.6. The van der Waals surface area contributed by atoms with Gasteiger partial charge in [-0.15, -0.1) is 0 Å². The molecule has 0 aromatic carbocycles. The molecule has 78 valence electrons. The third-order valence-electron chi connectivity index (χ3n) is 1.94. The molecule has 3 nitrogen and oxygen atoms in total. The molecule has 0 aromatic rings. The number of hydrogen-bond acceptors (Lipinski definition) is 4. The smallest absolute Gasteiger partial charge is 0.334 e. The summed E-state index contributed by atoms with van der Waals surface area (Å²) >= 11 is 1.37. The summed E-state index contributed by atoms with van der Waals surface area (Å²) in [7, 11) is 1.48. The minimum Gasteiger partial charge on any atom is -0.398 e. The average molecular weight is 222 g/mol. The standard InChI is InChI=1S/C8H18O3SSi/c1-8(9)12-6-5-7-13(4,10-2)11-3/h5-7H2,1-4H3. The van der Waals surface area contributed by atoms with Crippen molar-refractivity contribution in [3.63, 3.8) is 0 Å². The minimum atomic E-state index is -1.89. The number of carbonyl (C=O) groups is 1. The fraction of sp³-hybridized carbons (Fsp3) is 0.875. The molecule has 0 spiro atoms. The van der Waals surface area contributed by atoms with E-state index in [0.717, 1.165) is 18.2 Å². The van der Waals surface area contributed by atoms with E-state index >= 15 is 0 Å². The van der Waals surface area contributed by atoms with Gasteiger partial charge in [-0.05, 0) is 19.0 Å². The lowest BCUT2D eigenvalue weighted by molar-refractivity contribution is -0.109. The summed E-state index contributed by atoms with van der Waals surface area (Å²) in [6, 6.07) is 0.945. The first-order valence-electron chi connectivity index (χ1n) is 4.28. The molecule has 0 unspecified atom stereocenters. The summed E-state index contributed by atoms with van der Waals surface area (Å²) in [6.45, 7) is 3.62. The molecule has 5 heteroatoms. The second-order valence-corrected chi connectivity index (χ2v) is 7.84. The second kappa shape index (κ2) is 6.59. The van der Waals surface area contributed by atoms with E-state index in [1.54, 1.807) is 21.1 Å². The fourth-order valence-corrected chi connectivity index (χ4v) is 3.12. The SMILES string of the molecule is CO[Si](C)(CCCSC(C)=O)OC. The van der Waals surface area contributed by atoms with Crippen molar-refractivity contribution in [3.05, 3.63) is 0 Å². The van der Waals surface area contributed by atoms with Gasteiger partial charge in [0.25, 0.3) is 0 Å². The molecule has 0 atom stereocenters. The van der Waals surface area contributed by atoms with Gasteiger partial charge in [0, 0.05) is 26.9 Å². The van der Waals surface area contributed by atoms with E-state index in [4.69, 9.17) is 8.85 Å². The quantitative estimate of drug-likeness (QED) is 0.509. The summed E-state index contributed by atoms with van der Waals surface area (Å²) in [5, 5.41) is 0.179. The largest absolute Gasteiger partial charge is 0.398 e. The van der Waals surface area contributed by atoms with Crippen LogP contribution in [0.3, 0.4) is 0 Å². The summed E-state index contributed by atoms with van der Waals surface area (Å²) in [5.74, 6) is 0.866. The molecule has 0 N–H and O–H groups in total. The Morgan fingerprint density at radius 1 is 1.38 bits per heavy atom. The van der Waals surface area contributed by atoms with Crippen molar-refractivity contribution in [3.8, 4) is 0 Å². The molecule has 0 heterocycles. The highest BCUT2D eigenvalue weighted by Crippen LogP contribution is 2.16. The highest BCUT2D eigenvalue weighted by Gasteiger charge is 2.27. The van der Waals surface area contributed by atoms with Crippen molar-refractivity contribution in [2.24, 2.45) is 0 Å². The van der Waals surface area contributed by atoms with Gasteiger partial charge in [0.15, 0.2) is 5.12 Å². The molecule has 0 aromatic heterocycles. The Kier molecular flexibility index (Phi) is 6.67. The van der Waals surface area contributed by atoms with Gasteiger partial charge in [0.2, 0.25) is 0 Å². The van der Waals surface area contributed by atoms with Crippen LogP contribution in [-0.4, -0.2) is 33.6 Å². The van der Waals surface area contributed by atoms with Crippen LogP contribution >= 0.6 is 11.8 Å². The van der Waals surface area contributed by atoms with Crippen LogP contribution in [0.25, 0.3) is 0 Å². The van der Waals surface area contributed by atoms with Crippen LogP contribution in [0.4, 0.5) is 0 Å². The molecule has 0 bridgehead atoms. The predicted molar refractivity (Wildman–Crippen MR) is 58.2 cm³/mol. The fourth-order valence-electron chi connectivity index (χ4n) is 0.897. The van der Waals surface area contributed by atoms with Crippen LogP contribution in [0.15, 0.2) is 0 Å². The van der Waals surface area contributed by atoms with E-state index in [0.29, 0.717) is 0 Å². The molecule has 0 aliphatic heterocycles. The van der Waals surface area contributed by atoms with Gasteiger partial charge in [0.1, 0.15) is 0 Å². The van der Waals surface area contributed by atoms with Gasteiger partial charge < -0.3 is 8.85 Å². The van der Waals surface area contributed by atoms with Gasteiger partial charge in [0.05, 0.1) is 0 Å². The maximum Gasteiger partial charge on any atom is 0.334 e. The lowest BCUT2D eigenvalue weighted by atomic mass is 10.6. The summed E-state index contributed by atoms with van der Waals surface area (Å²) in [6.07, 6.45) is 0.981. The molecule has 13 heavy (non-hydrogen) atoms. The second-order valence-electron chi connectivity index (χ2n) is 2.99. The first-order valence-corrected chi connectivity index (χ1v) is 7.78. The van der Waals surface area contributed by atoms with E-state index in [1.807, 2.05) is 6.55 Å². The van der Waals surface area contributed by atoms with E-state index in [2.05, 4.69) is 0 Å². The zero-order valence-electron chi connectivity index (χ0n) is 8.75. The molecule has 0 radical (unpaired) electrons. The number of rotatable bonds is 6. The van der Waals surface area contributed by atoms with Gasteiger partial charge in [-0.25, -0.2) is 0 Å². The van der Waals surface area contributed by atoms with E-state index < -0.39 is 8.56 Å². The Balaban J connectivity index is 3.55. The zero-order chi connectivity index (χ0) is 10.3. The molecule has 0 saturated heterocycles. The molecule has 0 saturated carbocycles. The average Bonchev–Trinajstić information content (AvgIpc) is 2.12. The number of hydrogen-bond donors (Lipinski definition) is 0. The summed E-state index contributed by atoms with van der Waals surface area (Å²) < 4.78 is 10.6. The lowest BCUT2D eigenvalue weighted by Gasteiger charge is -2.22.